The molecule has 10 atom stereocenters. The quantitative estimate of drug-likeness (QED) is 0.488. The third kappa shape index (κ3) is 2.73. The van der Waals surface area contributed by atoms with Crippen molar-refractivity contribution in [2.45, 2.75) is 105 Å². The molecule has 5 aliphatic rings. The molecule has 0 unspecified atom stereocenters. The normalized spacial score (nSPS) is 55.2. The fraction of sp³-hybridized carbons (Fsp3) is 0.900. The van der Waals surface area contributed by atoms with Gasteiger partial charge in [-0.25, -0.2) is 0 Å². The van der Waals surface area contributed by atoms with Crippen LogP contribution in [-0.2, 0) is 4.79 Å². The minimum Gasteiger partial charge on any atom is -0.396 e. The van der Waals surface area contributed by atoms with Gasteiger partial charge in [-0.1, -0.05) is 46.8 Å². The first-order valence-electron chi connectivity index (χ1n) is 13.8. The van der Waals surface area contributed by atoms with Crippen molar-refractivity contribution in [1.82, 2.24) is 0 Å². The zero-order chi connectivity index (χ0) is 24.2. The van der Waals surface area contributed by atoms with Gasteiger partial charge in [-0.3, -0.25) is 4.79 Å². The first-order chi connectivity index (χ1) is 15.3. The van der Waals surface area contributed by atoms with Crippen LogP contribution in [0.4, 0.5) is 0 Å². The van der Waals surface area contributed by atoms with Gasteiger partial charge in [-0.15, -0.1) is 0 Å². The molecule has 5 fully saturated rings. The summed E-state index contributed by atoms with van der Waals surface area (Å²) in [6.07, 6.45) is 8.97. The van der Waals surface area contributed by atoms with Crippen LogP contribution in [-0.4, -0.2) is 28.7 Å². The van der Waals surface area contributed by atoms with Crippen LogP contribution in [0.3, 0.4) is 0 Å². The van der Waals surface area contributed by atoms with Crippen molar-refractivity contribution in [3.63, 3.8) is 0 Å². The van der Waals surface area contributed by atoms with Gasteiger partial charge in [-0.05, 0) is 104 Å². The van der Waals surface area contributed by atoms with E-state index in [1.807, 2.05) is 0 Å². The van der Waals surface area contributed by atoms with Gasteiger partial charge in [0.15, 0.2) is 0 Å². The lowest BCUT2D eigenvalue weighted by molar-refractivity contribution is -0.256. The Kier molecular flexibility index (Phi) is 5.24. The number of fused-ring (bicyclic) bond motifs is 7. The lowest BCUT2D eigenvalue weighted by atomic mass is 9.32. The SMILES string of the molecule is C=C(C)[C@@H]1CC[C@]2(CO)CC[C@]3(C)[C@H](CC[C@H]4[C@@]5(C)[C@H](O)CC(=O)C(C)(C)[C@@H]5CC[C@]43C)[C@@H]12. The Labute approximate surface area is 201 Å². The van der Waals surface area contributed by atoms with E-state index in [0.717, 1.165) is 32.1 Å². The predicted molar refractivity (Wildman–Crippen MR) is 132 cm³/mol. The second kappa shape index (κ2) is 7.19. The molecule has 5 saturated carbocycles. The van der Waals surface area contributed by atoms with Crippen LogP contribution in [0.25, 0.3) is 0 Å². The number of hydrogen-bond acceptors (Lipinski definition) is 3. The van der Waals surface area contributed by atoms with E-state index in [1.54, 1.807) is 0 Å². The molecule has 5 rings (SSSR count). The second-order valence-corrected chi connectivity index (χ2v) is 14.4. The van der Waals surface area contributed by atoms with E-state index >= 15 is 0 Å². The summed E-state index contributed by atoms with van der Waals surface area (Å²) >= 11 is 0. The number of Topliss-reactive ketones (excluding diaryl/α,β-unsaturated/α-hetero) is 1. The van der Waals surface area contributed by atoms with Gasteiger partial charge < -0.3 is 10.2 Å². The number of ketones is 1. The molecule has 0 bridgehead atoms. The largest absolute Gasteiger partial charge is 0.396 e. The standard InChI is InChI=1S/C30H48O3/c1-18(2)19-10-13-30(17-31)15-14-27(5)20(25(19)30)8-9-22-28(27,6)12-11-21-26(3,4)23(32)16-24(33)29(21,22)7/h19-22,24-25,31,33H,1,8-17H2,2-7H3/t19-,20+,21-,22+,24+,25+,27+,28+,29-,30+/m0/s1. The molecule has 0 aromatic carbocycles. The summed E-state index contributed by atoms with van der Waals surface area (Å²) in [6.45, 7) is 18.7. The molecule has 2 N–H and O–H groups in total. The molecular weight excluding hydrogens is 408 g/mol. The van der Waals surface area contributed by atoms with Crippen molar-refractivity contribution in [3.8, 4) is 0 Å². The topological polar surface area (TPSA) is 57.5 Å². The number of hydrogen-bond donors (Lipinski definition) is 2. The third-order valence-corrected chi connectivity index (χ3v) is 13.4. The Hall–Kier alpha value is -0.670. The van der Waals surface area contributed by atoms with Crippen molar-refractivity contribution >= 4 is 5.78 Å². The van der Waals surface area contributed by atoms with Crippen LogP contribution in [0, 0.1) is 56.7 Å². The summed E-state index contributed by atoms with van der Waals surface area (Å²) in [5, 5.41) is 22.1. The maximum atomic E-state index is 13.0. The van der Waals surface area contributed by atoms with Crippen molar-refractivity contribution in [2.24, 2.45) is 56.7 Å². The number of carbonyl (C=O) groups is 1. The molecule has 33 heavy (non-hydrogen) atoms. The Bertz CT molecular complexity index is 861. The van der Waals surface area contributed by atoms with Gasteiger partial charge in [0.2, 0.25) is 0 Å². The molecule has 5 aliphatic carbocycles. The first-order valence-corrected chi connectivity index (χ1v) is 13.8. The summed E-state index contributed by atoms with van der Waals surface area (Å²) in [7, 11) is 0. The average Bonchev–Trinajstić information content (AvgIpc) is 3.14. The Morgan fingerprint density at radius 2 is 1.64 bits per heavy atom. The van der Waals surface area contributed by atoms with Gasteiger partial charge in [0.1, 0.15) is 5.78 Å². The molecule has 0 spiro atoms. The van der Waals surface area contributed by atoms with Crippen molar-refractivity contribution in [2.75, 3.05) is 6.61 Å². The van der Waals surface area contributed by atoms with Gasteiger partial charge in [0.25, 0.3) is 0 Å². The van der Waals surface area contributed by atoms with Crippen LogP contribution in [0.15, 0.2) is 12.2 Å². The summed E-state index contributed by atoms with van der Waals surface area (Å²) in [4.78, 5) is 13.0. The minimum absolute atomic E-state index is 0.0802. The molecule has 186 valence electrons. The molecular formula is C30H48O3. The lowest BCUT2D eigenvalue weighted by Crippen LogP contribution is -2.69. The van der Waals surface area contributed by atoms with E-state index in [9.17, 15) is 15.0 Å². The Morgan fingerprint density at radius 1 is 0.939 bits per heavy atom. The highest BCUT2D eigenvalue weighted by Gasteiger charge is 2.72. The van der Waals surface area contributed by atoms with E-state index in [0.29, 0.717) is 36.7 Å². The van der Waals surface area contributed by atoms with Gasteiger partial charge in [0.05, 0.1) is 6.10 Å². The van der Waals surface area contributed by atoms with Gasteiger partial charge in [-0.2, -0.15) is 0 Å². The van der Waals surface area contributed by atoms with E-state index in [2.05, 4.69) is 48.1 Å². The van der Waals surface area contributed by atoms with E-state index < -0.39 is 6.10 Å². The average molecular weight is 457 g/mol. The number of carbonyl (C=O) groups excluding carboxylic acids is 1. The fourth-order valence-corrected chi connectivity index (χ4v) is 11.3. The highest BCUT2D eigenvalue weighted by molar-refractivity contribution is 5.86. The van der Waals surface area contributed by atoms with Crippen molar-refractivity contribution in [1.29, 1.82) is 0 Å². The molecule has 3 nitrogen and oxygen atoms in total. The number of aliphatic hydroxyl groups is 2. The molecule has 0 aromatic heterocycles. The molecule has 0 amide bonds. The highest BCUT2D eigenvalue weighted by atomic mass is 16.3. The maximum absolute atomic E-state index is 13.0. The first kappa shape index (κ1) is 24.0. The number of aliphatic hydroxyl groups excluding tert-OH is 2. The zero-order valence-electron chi connectivity index (χ0n) is 22.0. The van der Waals surface area contributed by atoms with Crippen LogP contribution in [0.1, 0.15) is 99.3 Å². The molecule has 0 saturated heterocycles. The second-order valence-electron chi connectivity index (χ2n) is 14.4. The Morgan fingerprint density at radius 3 is 2.27 bits per heavy atom. The monoisotopic (exact) mass is 456 g/mol. The minimum atomic E-state index is -0.525. The zero-order valence-corrected chi connectivity index (χ0v) is 22.0. The Balaban J connectivity index is 1.58. The van der Waals surface area contributed by atoms with Crippen LogP contribution < -0.4 is 0 Å². The van der Waals surface area contributed by atoms with Crippen LogP contribution >= 0.6 is 0 Å². The van der Waals surface area contributed by atoms with E-state index in [4.69, 9.17) is 0 Å². The molecule has 0 aromatic rings. The van der Waals surface area contributed by atoms with E-state index in [-0.39, 0.29) is 38.8 Å². The van der Waals surface area contributed by atoms with Gasteiger partial charge in [0, 0.05) is 23.9 Å². The van der Waals surface area contributed by atoms with Crippen molar-refractivity contribution < 1.29 is 15.0 Å². The fourth-order valence-electron chi connectivity index (χ4n) is 11.3. The van der Waals surface area contributed by atoms with Crippen LogP contribution in [0.5, 0.6) is 0 Å². The number of allylic oxidation sites excluding steroid dienone is 1. The molecule has 0 heterocycles. The summed E-state index contributed by atoms with van der Waals surface area (Å²) < 4.78 is 0. The lowest BCUT2D eigenvalue weighted by Gasteiger charge is -2.73. The van der Waals surface area contributed by atoms with Crippen LogP contribution in [0.2, 0.25) is 0 Å². The third-order valence-electron chi connectivity index (χ3n) is 13.4. The molecule has 0 aliphatic heterocycles. The maximum Gasteiger partial charge on any atom is 0.141 e. The van der Waals surface area contributed by atoms with Crippen molar-refractivity contribution in [3.05, 3.63) is 12.2 Å². The number of rotatable bonds is 2. The van der Waals surface area contributed by atoms with Gasteiger partial charge >= 0.3 is 0 Å². The highest BCUT2D eigenvalue weighted by Crippen LogP contribution is 2.77. The summed E-state index contributed by atoms with van der Waals surface area (Å²) in [6, 6.07) is 0. The predicted octanol–water partition coefficient (Wildman–Crippen LogP) is 6.18. The smallest absolute Gasteiger partial charge is 0.141 e. The molecule has 0 radical (unpaired) electrons. The molecule has 3 heteroatoms. The summed E-state index contributed by atoms with van der Waals surface area (Å²) in [5.41, 5.74) is 1.20. The van der Waals surface area contributed by atoms with E-state index in [1.165, 1.54) is 24.8 Å². The summed E-state index contributed by atoms with van der Waals surface area (Å²) in [5.74, 6) is 2.64.